The minimum atomic E-state index is -0.386. The van der Waals surface area contributed by atoms with Crippen molar-refractivity contribution in [3.8, 4) is 0 Å². The van der Waals surface area contributed by atoms with Gasteiger partial charge >= 0.3 is 0 Å². The number of nitrogens with one attached hydrogen (secondary N) is 2. The molecule has 4 rings (SSSR count). The van der Waals surface area contributed by atoms with Crippen LogP contribution in [0.15, 0.2) is 60.7 Å². The van der Waals surface area contributed by atoms with Crippen LogP contribution in [0.3, 0.4) is 0 Å². The van der Waals surface area contributed by atoms with Crippen LogP contribution in [-0.4, -0.2) is 27.6 Å². The van der Waals surface area contributed by atoms with Crippen LogP contribution in [0, 0.1) is 11.2 Å². The van der Waals surface area contributed by atoms with Crippen molar-refractivity contribution >= 4 is 22.4 Å². The number of benzene rings is 2. The molecule has 0 amide bonds. The number of halogens is 1. The molecule has 1 aliphatic rings. The number of anilines is 2. The highest BCUT2D eigenvalue weighted by Crippen LogP contribution is 2.30. The Morgan fingerprint density at radius 3 is 2.58 bits per heavy atom. The van der Waals surface area contributed by atoms with Gasteiger partial charge in [-0.25, -0.2) is 20.2 Å². The monoisotopic (exact) mass is 449 g/mol. The summed E-state index contributed by atoms with van der Waals surface area (Å²) in [5.74, 6) is 6.62. The lowest BCUT2D eigenvalue weighted by atomic mass is 9.97. The number of nitrogens with two attached hydrogens (primary N) is 2. The molecule has 3 aromatic rings. The molecule has 1 unspecified atom stereocenters. The number of hydrogen-bond acceptors (Lipinski definition) is 7. The van der Waals surface area contributed by atoms with Crippen molar-refractivity contribution in [2.24, 2.45) is 17.0 Å². The van der Waals surface area contributed by atoms with E-state index < -0.39 is 0 Å². The van der Waals surface area contributed by atoms with Crippen LogP contribution in [0.25, 0.3) is 10.9 Å². The maximum Gasteiger partial charge on any atom is 0.137 e. The van der Waals surface area contributed by atoms with Crippen molar-refractivity contribution < 1.29 is 4.39 Å². The van der Waals surface area contributed by atoms with Gasteiger partial charge in [-0.1, -0.05) is 32.9 Å². The van der Waals surface area contributed by atoms with Crippen LogP contribution in [-0.2, 0) is 0 Å². The first-order chi connectivity index (χ1) is 15.7. The normalized spacial score (nSPS) is 15.4. The Labute approximate surface area is 194 Å². The molecule has 0 aliphatic heterocycles. The summed E-state index contributed by atoms with van der Waals surface area (Å²) in [7, 11) is 0. The second kappa shape index (κ2) is 9.23. The topological polar surface area (TPSA) is 105 Å². The number of aromatic nitrogens is 2. The summed E-state index contributed by atoms with van der Waals surface area (Å²) in [6, 6.07) is 12.2. The molecule has 1 fully saturated rings. The lowest BCUT2D eigenvalue weighted by molar-refractivity contribution is 0.378. The Hall–Kier alpha value is -3.39. The molecule has 33 heavy (non-hydrogen) atoms. The molecule has 1 saturated carbocycles. The molecule has 0 bridgehead atoms. The van der Waals surface area contributed by atoms with Crippen LogP contribution < -0.4 is 22.2 Å². The Bertz CT molecular complexity index is 1130. The summed E-state index contributed by atoms with van der Waals surface area (Å²) in [4.78, 5) is 8.84. The van der Waals surface area contributed by atoms with E-state index in [0.717, 1.165) is 47.4 Å². The summed E-state index contributed by atoms with van der Waals surface area (Å²) >= 11 is 0. The number of hydrogen-bond donors (Lipinski definition) is 4. The molecule has 2 aromatic carbocycles. The highest BCUT2D eigenvalue weighted by molar-refractivity contribution is 5.91. The second-order valence-electron chi connectivity index (χ2n) is 9.80. The van der Waals surface area contributed by atoms with Gasteiger partial charge in [0.1, 0.15) is 18.0 Å². The molecule has 0 radical (unpaired) electrons. The zero-order valence-corrected chi connectivity index (χ0v) is 19.3. The van der Waals surface area contributed by atoms with Crippen LogP contribution in [0.1, 0.15) is 45.2 Å². The zero-order chi connectivity index (χ0) is 23.6. The van der Waals surface area contributed by atoms with Gasteiger partial charge < -0.3 is 21.4 Å². The number of rotatable bonds is 8. The molecule has 0 saturated heterocycles. The summed E-state index contributed by atoms with van der Waals surface area (Å²) in [6.07, 6.45) is 5.45. The number of nitrogens with zero attached hydrogens (tertiary/aromatic N) is 3. The van der Waals surface area contributed by atoms with Gasteiger partial charge in [-0.15, -0.1) is 0 Å². The van der Waals surface area contributed by atoms with E-state index in [9.17, 15) is 4.39 Å². The molecule has 1 atom stereocenters. The van der Waals surface area contributed by atoms with Gasteiger partial charge in [-0.05, 0) is 54.2 Å². The van der Waals surface area contributed by atoms with E-state index in [1.807, 2.05) is 18.2 Å². The standard InChI is InChI=1S/C25H32FN7/c1-25(2,3)14-29-24-20-12-18(8-11-22(20)30-15-31-24)32-23(16-4-6-17(26)7-5-16)21(27)13-33(28)19-9-10-19/h4-8,11-13,15,19,23,32H,9-10,14,27-28H2,1-3H3,(H,29,30,31)/b21-13-. The summed E-state index contributed by atoms with van der Waals surface area (Å²) in [5, 5.41) is 9.50. The fraction of sp³-hybridized carbons (Fsp3) is 0.360. The van der Waals surface area contributed by atoms with Crippen molar-refractivity contribution in [1.82, 2.24) is 15.0 Å². The van der Waals surface area contributed by atoms with Gasteiger partial charge in [-0.3, -0.25) is 0 Å². The predicted molar refractivity (Wildman–Crippen MR) is 132 cm³/mol. The highest BCUT2D eigenvalue weighted by atomic mass is 19.1. The fourth-order valence-electron chi connectivity index (χ4n) is 3.54. The van der Waals surface area contributed by atoms with Gasteiger partial charge in [0.2, 0.25) is 0 Å². The van der Waals surface area contributed by atoms with Crippen molar-refractivity contribution in [1.29, 1.82) is 0 Å². The lowest BCUT2D eigenvalue weighted by Crippen LogP contribution is -2.30. The minimum Gasteiger partial charge on any atom is -0.399 e. The summed E-state index contributed by atoms with van der Waals surface area (Å²) < 4.78 is 13.6. The highest BCUT2D eigenvalue weighted by Gasteiger charge is 2.26. The van der Waals surface area contributed by atoms with Crippen LogP contribution in [0.4, 0.5) is 15.9 Å². The van der Waals surface area contributed by atoms with Gasteiger partial charge in [-0.2, -0.15) is 0 Å². The van der Waals surface area contributed by atoms with E-state index >= 15 is 0 Å². The molecule has 6 N–H and O–H groups in total. The Balaban J connectivity index is 1.66. The molecular formula is C25H32FN7. The second-order valence-corrected chi connectivity index (χ2v) is 9.80. The Morgan fingerprint density at radius 1 is 1.18 bits per heavy atom. The third-order valence-corrected chi connectivity index (χ3v) is 5.54. The average Bonchev–Trinajstić information content (AvgIpc) is 3.61. The first-order valence-corrected chi connectivity index (χ1v) is 11.2. The molecule has 7 nitrogen and oxygen atoms in total. The van der Waals surface area contributed by atoms with Crippen molar-refractivity contribution in [3.63, 3.8) is 0 Å². The van der Waals surface area contributed by atoms with Gasteiger partial charge in [0.15, 0.2) is 0 Å². The van der Waals surface area contributed by atoms with E-state index in [4.69, 9.17) is 11.6 Å². The third kappa shape index (κ3) is 5.90. The average molecular weight is 450 g/mol. The van der Waals surface area contributed by atoms with Gasteiger partial charge in [0.05, 0.1) is 17.3 Å². The Morgan fingerprint density at radius 2 is 1.91 bits per heavy atom. The fourth-order valence-corrected chi connectivity index (χ4v) is 3.54. The van der Waals surface area contributed by atoms with Crippen molar-refractivity contribution in [2.45, 2.75) is 45.7 Å². The third-order valence-electron chi connectivity index (χ3n) is 5.54. The maximum atomic E-state index is 13.6. The lowest BCUT2D eigenvalue weighted by Gasteiger charge is -2.24. The quantitative estimate of drug-likeness (QED) is 0.296. The largest absolute Gasteiger partial charge is 0.399 e. The van der Waals surface area contributed by atoms with Crippen LogP contribution in [0.2, 0.25) is 0 Å². The first-order valence-electron chi connectivity index (χ1n) is 11.2. The zero-order valence-electron chi connectivity index (χ0n) is 19.3. The maximum absolute atomic E-state index is 13.6. The van der Waals surface area contributed by atoms with Crippen LogP contribution >= 0.6 is 0 Å². The summed E-state index contributed by atoms with van der Waals surface area (Å²) in [6.45, 7) is 7.28. The molecule has 0 spiro atoms. The van der Waals surface area contributed by atoms with Crippen molar-refractivity contribution in [2.75, 3.05) is 17.2 Å². The molecule has 1 heterocycles. The smallest absolute Gasteiger partial charge is 0.137 e. The minimum absolute atomic E-state index is 0.107. The predicted octanol–water partition coefficient (Wildman–Crippen LogP) is 4.52. The molecule has 1 aliphatic carbocycles. The van der Waals surface area contributed by atoms with Crippen LogP contribution in [0.5, 0.6) is 0 Å². The van der Waals surface area contributed by atoms with E-state index in [0.29, 0.717) is 11.7 Å². The van der Waals surface area contributed by atoms with E-state index in [-0.39, 0.29) is 17.3 Å². The summed E-state index contributed by atoms with van der Waals surface area (Å²) in [5.41, 5.74) is 9.67. The molecular weight excluding hydrogens is 417 g/mol. The number of hydrazine groups is 1. The molecule has 174 valence electrons. The Kier molecular flexibility index (Phi) is 6.37. The molecule has 1 aromatic heterocycles. The first kappa shape index (κ1) is 22.8. The van der Waals surface area contributed by atoms with E-state index in [2.05, 4.69) is 41.4 Å². The van der Waals surface area contributed by atoms with E-state index in [1.165, 1.54) is 12.1 Å². The van der Waals surface area contributed by atoms with Gasteiger partial charge in [0, 0.05) is 29.9 Å². The van der Waals surface area contributed by atoms with Crippen molar-refractivity contribution in [3.05, 3.63) is 72.1 Å². The molecule has 8 heteroatoms. The van der Waals surface area contributed by atoms with Gasteiger partial charge in [0.25, 0.3) is 0 Å². The van der Waals surface area contributed by atoms with E-state index in [1.54, 1.807) is 29.7 Å². The number of fused-ring (bicyclic) bond motifs is 1. The SMILES string of the molecule is CC(C)(C)CNc1ncnc2ccc(NC(/C(N)=C/N(N)C3CC3)c3ccc(F)cc3)cc12.